The number of rotatable bonds is 2. The second-order valence-electron chi connectivity index (χ2n) is 4.33. The highest BCUT2D eigenvalue weighted by atomic mass is 16.6. The maximum atomic E-state index is 11.6. The van der Waals surface area contributed by atoms with Gasteiger partial charge in [-0.1, -0.05) is 24.3 Å². The molecule has 1 unspecified atom stereocenters. The highest BCUT2D eigenvalue weighted by Gasteiger charge is 2.23. The maximum absolute atomic E-state index is 11.6. The smallest absolute Gasteiger partial charge is 0.328 e. The van der Waals surface area contributed by atoms with Crippen molar-refractivity contribution in [1.82, 2.24) is 0 Å². The molecule has 1 rings (SSSR count). The van der Waals surface area contributed by atoms with Gasteiger partial charge >= 0.3 is 5.97 Å². The molecule has 1 radical (unpaired) electrons. The molecule has 0 aliphatic heterocycles. The zero-order chi connectivity index (χ0) is 11.5. The largest absolute Gasteiger partial charge is 0.459 e. The van der Waals surface area contributed by atoms with Crippen molar-refractivity contribution in [3.63, 3.8) is 0 Å². The van der Waals surface area contributed by atoms with Crippen molar-refractivity contribution in [2.75, 3.05) is 0 Å². The predicted octanol–water partition coefficient (Wildman–Crippen LogP) is 1.83. The van der Waals surface area contributed by atoms with Crippen molar-refractivity contribution in [1.29, 1.82) is 0 Å². The number of ether oxygens (including phenoxy) is 1. The molecule has 0 fully saturated rings. The summed E-state index contributed by atoms with van der Waals surface area (Å²) in [7, 11) is 0. The van der Waals surface area contributed by atoms with Crippen molar-refractivity contribution in [2.24, 2.45) is 5.73 Å². The van der Waals surface area contributed by atoms with E-state index in [2.05, 4.69) is 6.07 Å². The number of hydrogen-bond acceptors (Lipinski definition) is 3. The molecule has 15 heavy (non-hydrogen) atoms. The summed E-state index contributed by atoms with van der Waals surface area (Å²) in [5.41, 5.74) is 5.87. The van der Waals surface area contributed by atoms with Gasteiger partial charge in [-0.15, -0.1) is 0 Å². The Kier molecular flexibility index (Phi) is 3.48. The van der Waals surface area contributed by atoms with Gasteiger partial charge in [-0.25, -0.2) is 4.79 Å². The SMILES string of the molecule is CC(C)(C)OC(=O)C(N)c1[c]cccc1. The second kappa shape index (κ2) is 4.45. The molecule has 81 valence electrons. The van der Waals surface area contributed by atoms with Crippen LogP contribution in [0.2, 0.25) is 0 Å². The minimum atomic E-state index is -0.759. The Morgan fingerprint density at radius 2 is 2.13 bits per heavy atom. The van der Waals surface area contributed by atoms with Gasteiger partial charge in [-0.05, 0) is 32.4 Å². The van der Waals surface area contributed by atoms with Gasteiger partial charge in [0, 0.05) is 0 Å². The Bertz CT molecular complexity index is 327. The maximum Gasteiger partial charge on any atom is 0.328 e. The lowest BCUT2D eigenvalue weighted by atomic mass is 10.1. The van der Waals surface area contributed by atoms with E-state index in [1.54, 1.807) is 12.1 Å². The monoisotopic (exact) mass is 206 g/mol. The normalized spacial score (nSPS) is 13.3. The van der Waals surface area contributed by atoms with Gasteiger partial charge in [0.05, 0.1) is 0 Å². The minimum Gasteiger partial charge on any atom is -0.459 e. The number of carbonyl (C=O) groups is 1. The molecule has 0 amide bonds. The fourth-order valence-electron chi connectivity index (χ4n) is 1.09. The van der Waals surface area contributed by atoms with E-state index in [1.165, 1.54) is 0 Å². The quantitative estimate of drug-likeness (QED) is 0.751. The van der Waals surface area contributed by atoms with Gasteiger partial charge in [-0.3, -0.25) is 0 Å². The van der Waals surface area contributed by atoms with Crippen LogP contribution >= 0.6 is 0 Å². The van der Waals surface area contributed by atoms with E-state index in [0.717, 1.165) is 0 Å². The van der Waals surface area contributed by atoms with Crippen LogP contribution in [0.15, 0.2) is 24.3 Å². The molecule has 1 aromatic carbocycles. The number of carbonyl (C=O) groups excluding carboxylic acids is 1. The molecule has 3 nitrogen and oxygen atoms in total. The van der Waals surface area contributed by atoms with E-state index in [4.69, 9.17) is 10.5 Å². The fourth-order valence-corrected chi connectivity index (χ4v) is 1.09. The summed E-state index contributed by atoms with van der Waals surface area (Å²) in [6, 6.07) is 9.27. The summed E-state index contributed by atoms with van der Waals surface area (Å²) in [5, 5.41) is 0. The van der Waals surface area contributed by atoms with E-state index in [1.807, 2.05) is 32.9 Å². The fraction of sp³-hybridized carbons (Fsp3) is 0.417. The Morgan fingerprint density at radius 1 is 1.47 bits per heavy atom. The number of nitrogens with two attached hydrogens (primary N) is 1. The van der Waals surface area contributed by atoms with Crippen LogP contribution in [-0.4, -0.2) is 11.6 Å². The van der Waals surface area contributed by atoms with Gasteiger partial charge in [0.15, 0.2) is 0 Å². The summed E-state index contributed by atoms with van der Waals surface area (Å²) >= 11 is 0. The van der Waals surface area contributed by atoms with E-state index >= 15 is 0 Å². The average Bonchev–Trinajstić information content (AvgIpc) is 2.15. The molecule has 3 heteroatoms. The first-order chi connectivity index (χ1) is 6.90. The average molecular weight is 206 g/mol. The van der Waals surface area contributed by atoms with Crippen LogP contribution in [0.4, 0.5) is 0 Å². The Hall–Kier alpha value is -1.35. The highest BCUT2D eigenvalue weighted by molar-refractivity contribution is 5.77. The molecule has 2 N–H and O–H groups in total. The van der Waals surface area contributed by atoms with Gasteiger partial charge in [-0.2, -0.15) is 0 Å². The summed E-state index contributed by atoms with van der Waals surface area (Å²) < 4.78 is 5.17. The molecule has 0 bridgehead atoms. The molecule has 0 saturated carbocycles. The highest BCUT2D eigenvalue weighted by Crippen LogP contribution is 2.15. The standard InChI is InChI=1S/C12H16NO2/c1-12(2,3)15-11(14)10(13)9-7-5-4-6-8-9/h4-7,10H,13H2,1-3H3. The lowest BCUT2D eigenvalue weighted by molar-refractivity contribution is -0.156. The van der Waals surface area contributed by atoms with Crippen LogP contribution in [0.3, 0.4) is 0 Å². The molecule has 1 aromatic rings. The number of hydrogen-bond donors (Lipinski definition) is 1. The molecular formula is C12H16NO2. The molecule has 0 saturated heterocycles. The van der Waals surface area contributed by atoms with Gasteiger partial charge in [0.25, 0.3) is 0 Å². The molecule has 0 aliphatic rings. The molecule has 0 spiro atoms. The summed E-state index contributed by atoms with van der Waals surface area (Å²) in [4.78, 5) is 11.6. The third-order valence-corrected chi connectivity index (χ3v) is 1.73. The Balaban J connectivity index is 2.70. The molecule has 0 heterocycles. The van der Waals surface area contributed by atoms with E-state index in [9.17, 15) is 4.79 Å². The summed E-state index contributed by atoms with van der Waals surface area (Å²) in [5.74, 6) is -0.426. The Labute approximate surface area is 90.2 Å². The molecular weight excluding hydrogens is 190 g/mol. The lowest BCUT2D eigenvalue weighted by Crippen LogP contribution is -2.31. The topological polar surface area (TPSA) is 52.3 Å². The second-order valence-corrected chi connectivity index (χ2v) is 4.33. The molecule has 0 aromatic heterocycles. The van der Waals surface area contributed by atoms with Gasteiger partial charge in [0.1, 0.15) is 11.6 Å². The van der Waals surface area contributed by atoms with Crippen molar-refractivity contribution < 1.29 is 9.53 Å². The summed E-state index contributed by atoms with van der Waals surface area (Å²) in [6.07, 6.45) is 0. The zero-order valence-corrected chi connectivity index (χ0v) is 9.28. The van der Waals surface area contributed by atoms with Crippen molar-refractivity contribution in [2.45, 2.75) is 32.4 Å². The first kappa shape index (κ1) is 11.7. The molecule has 0 aliphatic carbocycles. The van der Waals surface area contributed by atoms with E-state index in [0.29, 0.717) is 5.56 Å². The van der Waals surface area contributed by atoms with Crippen LogP contribution in [-0.2, 0) is 9.53 Å². The lowest BCUT2D eigenvalue weighted by Gasteiger charge is -2.22. The minimum absolute atomic E-state index is 0.426. The predicted molar refractivity (Wildman–Crippen MR) is 58.1 cm³/mol. The van der Waals surface area contributed by atoms with Crippen LogP contribution < -0.4 is 5.73 Å². The first-order valence-electron chi connectivity index (χ1n) is 4.85. The van der Waals surface area contributed by atoms with Crippen LogP contribution in [0.25, 0.3) is 0 Å². The van der Waals surface area contributed by atoms with E-state index in [-0.39, 0.29) is 0 Å². The zero-order valence-electron chi connectivity index (χ0n) is 9.28. The van der Waals surface area contributed by atoms with Crippen molar-refractivity contribution in [3.05, 3.63) is 35.9 Å². The van der Waals surface area contributed by atoms with Crippen molar-refractivity contribution >= 4 is 5.97 Å². The van der Waals surface area contributed by atoms with Gasteiger partial charge in [0.2, 0.25) is 0 Å². The Morgan fingerprint density at radius 3 is 2.60 bits per heavy atom. The number of benzene rings is 1. The number of esters is 1. The summed E-state index contributed by atoms with van der Waals surface area (Å²) in [6.45, 7) is 5.44. The van der Waals surface area contributed by atoms with Crippen LogP contribution in [0.5, 0.6) is 0 Å². The first-order valence-corrected chi connectivity index (χ1v) is 4.85. The third kappa shape index (κ3) is 3.72. The van der Waals surface area contributed by atoms with E-state index < -0.39 is 17.6 Å². The van der Waals surface area contributed by atoms with Gasteiger partial charge < -0.3 is 10.5 Å². The third-order valence-electron chi connectivity index (χ3n) is 1.73. The van der Waals surface area contributed by atoms with Crippen LogP contribution in [0.1, 0.15) is 32.4 Å². The molecule has 1 atom stereocenters. The van der Waals surface area contributed by atoms with Crippen LogP contribution in [0, 0.1) is 6.07 Å². The van der Waals surface area contributed by atoms with Crippen molar-refractivity contribution in [3.8, 4) is 0 Å².